The molecular weight excluding hydrogens is 176 g/mol. The highest BCUT2D eigenvalue weighted by molar-refractivity contribution is 4.83. The van der Waals surface area contributed by atoms with Gasteiger partial charge in [-0.05, 0) is 51.2 Å². The Balaban J connectivity index is 2.39. The molecule has 2 unspecified atom stereocenters. The Kier molecular flexibility index (Phi) is 4.85. The second-order valence-electron chi connectivity index (χ2n) is 4.57. The Morgan fingerprint density at radius 2 is 2.00 bits per heavy atom. The number of rotatable bonds is 4. The van der Waals surface area contributed by atoms with Crippen LogP contribution in [0.15, 0.2) is 0 Å². The van der Waals surface area contributed by atoms with E-state index < -0.39 is 0 Å². The molecule has 0 aliphatic carbocycles. The van der Waals surface area contributed by atoms with Gasteiger partial charge in [0.1, 0.15) is 0 Å². The average Bonchev–Trinajstić information content (AvgIpc) is 2.20. The SMILES string of the molecule is CCC(CO)C(N)C1CCN(C)CC1. The van der Waals surface area contributed by atoms with Crippen LogP contribution in [-0.2, 0) is 0 Å². The fraction of sp³-hybridized carbons (Fsp3) is 1.00. The third kappa shape index (κ3) is 2.94. The van der Waals surface area contributed by atoms with Crippen molar-refractivity contribution in [3.05, 3.63) is 0 Å². The highest BCUT2D eigenvalue weighted by Gasteiger charge is 2.27. The van der Waals surface area contributed by atoms with Gasteiger partial charge in [0.2, 0.25) is 0 Å². The van der Waals surface area contributed by atoms with E-state index in [0.29, 0.717) is 11.8 Å². The van der Waals surface area contributed by atoms with Crippen LogP contribution in [0.2, 0.25) is 0 Å². The van der Waals surface area contributed by atoms with E-state index in [0.717, 1.165) is 19.5 Å². The Morgan fingerprint density at radius 3 is 2.43 bits per heavy atom. The first-order chi connectivity index (χ1) is 6.69. The second kappa shape index (κ2) is 5.69. The summed E-state index contributed by atoms with van der Waals surface area (Å²) in [5, 5.41) is 9.19. The minimum absolute atomic E-state index is 0.193. The zero-order valence-corrected chi connectivity index (χ0v) is 9.45. The molecule has 0 spiro atoms. The molecule has 0 aromatic carbocycles. The Labute approximate surface area is 87.3 Å². The lowest BCUT2D eigenvalue weighted by Gasteiger charge is -2.35. The molecule has 1 fully saturated rings. The highest BCUT2D eigenvalue weighted by atomic mass is 16.3. The van der Waals surface area contributed by atoms with Crippen LogP contribution in [0, 0.1) is 11.8 Å². The predicted molar refractivity (Wildman–Crippen MR) is 59.1 cm³/mol. The van der Waals surface area contributed by atoms with Gasteiger partial charge in [-0.3, -0.25) is 0 Å². The normalized spacial score (nSPS) is 24.9. The minimum atomic E-state index is 0.193. The molecule has 3 heteroatoms. The molecule has 0 saturated carbocycles. The quantitative estimate of drug-likeness (QED) is 0.701. The van der Waals surface area contributed by atoms with Gasteiger partial charge in [0, 0.05) is 12.6 Å². The van der Waals surface area contributed by atoms with Crippen molar-refractivity contribution in [2.75, 3.05) is 26.7 Å². The monoisotopic (exact) mass is 200 g/mol. The number of nitrogens with two attached hydrogens (primary N) is 1. The van der Waals surface area contributed by atoms with Crippen molar-refractivity contribution in [3.63, 3.8) is 0 Å². The standard InChI is InChI=1S/C11H24N2O/c1-3-9(8-14)11(12)10-4-6-13(2)7-5-10/h9-11,14H,3-8,12H2,1-2H3. The third-order valence-corrected chi connectivity index (χ3v) is 3.61. The number of likely N-dealkylation sites (tertiary alicyclic amines) is 1. The molecule has 1 heterocycles. The maximum atomic E-state index is 9.19. The molecule has 1 saturated heterocycles. The van der Waals surface area contributed by atoms with Crippen LogP contribution in [0.3, 0.4) is 0 Å². The van der Waals surface area contributed by atoms with Crippen molar-refractivity contribution in [3.8, 4) is 0 Å². The van der Waals surface area contributed by atoms with Crippen molar-refractivity contribution in [1.82, 2.24) is 4.90 Å². The maximum absolute atomic E-state index is 9.19. The average molecular weight is 200 g/mol. The van der Waals surface area contributed by atoms with Crippen LogP contribution in [-0.4, -0.2) is 42.8 Å². The van der Waals surface area contributed by atoms with Gasteiger partial charge in [0.15, 0.2) is 0 Å². The second-order valence-corrected chi connectivity index (χ2v) is 4.57. The van der Waals surface area contributed by atoms with Crippen LogP contribution < -0.4 is 5.73 Å². The van der Waals surface area contributed by atoms with Gasteiger partial charge in [-0.15, -0.1) is 0 Å². The Hall–Kier alpha value is -0.120. The number of aliphatic hydroxyl groups is 1. The molecule has 84 valence electrons. The highest BCUT2D eigenvalue weighted by Crippen LogP contribution is 2.24. The first kappa shape index (κ1) is 12.0. The molecule has 0 bridgehead atoms. The molecule has 0 aromatic heterocycles. The van der Waals surface area contributed by atoms with Gasteiger partial charge < -0.3 is 15.7 Å². The number of hydrogen-bond donors (Lipinski definition) is 2. The molecular formula is C11H24N2O. The summed E-state index contributed by atoms with van der Waals surface area (Å²) in [6, 6.07) is 0.193. The van der Waals surface area contributed by atoms with Gasteiger partial charge in [-0.25, -0.2) is 0 Å². The smallest absolute Gasteiger partial charge is 0.0474 e. The number of nitrogens with zero attached hydrogens (tertiary/aromatic N) is 1. The summed E-state index contributed by atoms with van der Waals surface area (Å²) in [5.41, 5.74) is 6.18. The van der Waals surface area contributed by atoms with Crippen molar-refractivity contribution >= 4 is 0 Å². The van der Waals surface area contributed by atoms with E-state index in [9.17, 15) is 5.11 Å². The summed E-state index contributed by atoms with van der Waals surface area (Å²) < 4.78 is 0. The van der Waals surface area contributed by atoms with Crippen molar-refractivity contribution in [2.24, 2.45) is 17.6 Å². The van der Waals surface area contributed by atoms with Crippen LogP contribution in [0.25, 0.3) is 0 Å². The van der Waals surface area contributed by atoms with Gasteiger partial charge in [0.25, 0.3) is 0 Å². The van der Waals surface area contributed by atoms with Gasteiger partial charge in [-0.1, -0.05) is 6.92 Å². The van der Waals surface area contributed by atoms with E-state index in [2.05, 4.69) is 18.9 Å². The Bertz CT molecular complexity index is 151. The summed E-state index contributed by atoms with van der Waals surface area (Å²) in [6.45, 7) is 4.65. The van der Waals surface area contributed by atoms with Crippen LogP contribution in [0.4, 0.5) is 0 Å². The van der Waals surface area contributed by atoms with Crippen LogP contribution >= 0.6 is 0 Å². The number of piperidine rings is 1. The molecule has 2 atom stereocenters. The van der Waals surface area contributed by atoms with E-state index in [1.165, 1.54) is 12.8 Å². The van der Waals surface area contributed by atoms with E-state index in [1.54, 1.807) is 0 Å². The van der Waals surface area contributed by atoms with Gasteiger partial charge in [0.05, 0.1) is 0 Å². The molecule has 0 amide bonds. The van der Waals surface area contributed by atoms with E-state index >= 15 is 0 Å². The number of hydrogen-bond acceptors (Lipinski definition) is 3. The Morgan fingerprint density at radius 1 is 1.43 bits per heavy atom. The first-order valence-electron chi connectivity index (χ1n) is 5.74. The fourth-order valence-corrected chi connectivity index (χ4v) is 2.32. The molecule has 1 aliphatic heterocycles. The molecule has 0 aromatic rings. The largest absolute Gasteiger partial charge is 0.396 e. The van der Waals surface area contributed by atoms with Crippen LogP contribution in [0.5, 0.6) is 0 Å². The van der Waals surface area contributed by atoms with Crippen molar-refractivity contribution in [2.45, 2.75) is 32.2 Å². The van der Waals surface area contributed by atoms with E-state index in [1.807, 2.05) is 0 Å². The number of aliphatic hydroxyl groups excluding tert-OH is 1. The summed E-state index contributed by atoms with van der Waals surface area (Å²) >= 11 is 0. The molecule has 1 aliphatic rings. The zero-order valence-electron chi connectivity index (χ0n) is 9.45. The molecule has 3 nitrogen and oxygen atoms in total. The lowest BCUT2D eigenvalue weighted by Crippen LogP contribution is -2.44. The molecule has 3 N–H and O–H groups in total. The maximum Gasteiger partial charge on any atom is 0.0474 e. The summed E-state index contributed by atoms with van der Waals surface area (Å²) in [4.78, 5) is 2.35. The first-order valence-corrected chi connectivity index (χ1v) is 5.74. The van der Waals surface area contributed by atoms with Gasteiger partial charge in [-0.2, -0.15) is 0 Å². The van der Waals surface area contributed by atoms with Crippen molar-refractivity contribution in [1.29, 1.82) is 0 Å². The third-order valence-electron chi connectivity index (χ3n) is 3.61. The minimum Gasteiger partial charge on any atom is -0.396 e. The zero-order chi connectivity index (χ0) is 10.6. The topological polar surface area (TPSA) is 49.5 Å². The molecule has 14 heavy (non-hydrogen) atoms. The van der Waals surface area contributed by atoms with Gasteiger partial charge >= 0.3 is 0 Å². The lowest BCUT2D eigenvalue weighted by atomic mass is 9.82. The fourth-order valence-electron chi connectivity index (χ4n) is 2.32. The van der Waals surface area contributed by atoms with E-state index in [4.69, 9.17) is 5.73 Å². The predicted octanol–water partition coefficient (Wildman–Crippen LogP) is 0.674. The summed E-state index contributed by atoms with van der Waals surface area (Å²) in [5.74, 6) is 0.909. The molecule has 0 radical (unpaired) electrons. The van der Waals surface area contributed by atoms with E-state index in [-0.39, 0.29) is 12.6 Å². The molecule has 1 rings (SSSR count). The van der Waals surface area contributed by atoms with Crippen molar-refractivity contribution < 1.29 is 5.11 Å². The van der Waals surface area contributed by atoms with Crippen LogP contribution in [0.1, 0.15) is 26.2 Å². The summed E-state index contributed by atoms with van der Waals surface area (Å²) in [7, 11) is 2.16. The lowest BCUT2D eigenvalue weighted by molar-refractivity contribution is 0.133. The summed E-state index contributed by atoms with van der Waals surface area (Å²) in [6.07, 6.45) is 3.37.